The smallest absolute Gasteiger partial charge is 0.124 e. The lowest BCUT2D eigenvalue weighted by atomic mass is 10.0. The Labute approximate surface area is 117 Å². The number of hydrogen-bond acceptors (Lipinski definition) is 3. The van der Waals surface area contributed by atoms with Crippen LogP contribution in [0.1, 0.15) is 17.2 Å². The van der Waals surface area contributed by atoms with E-state index in [0.717, 1.165) is 21.3 Å². The van der Waals surface area contributed by atoms with Crippen molar-refractivity contribution < 1.29 is 4.74 Å². The van der Waals surface area contributed by atoms with Gasteiger partial charge in [-0.1, -0.05) is 11.6 Å². The lowest BCUT2D eigenvalue weighted by molar-refractivity contribution is 0.408. The van der Waals surface area contributed by atoms with Crippen molar-refractivity contribution in [2.24, 2.45) is 5.73 Å². The van der Waals surface area contributed by atoms with E-state index in [4.69, 9.17) is 22.1 Å². The van der Waals surface area contributed by atoms with E-state index in [1.807, 2.05) is 22.9 Å². The van der Waals surface area contributed by atoms with Crippen molar-refractivity contribution in [1.29, 1.82) is 0 Å². The summed E-state index contributed by atoms with van der Waals surface area (Å²) in [6, 6.07) is 5.22. The van der Waals surface area contributed by atoms with Gasteiger partial charge in [-0.25, -0.2) is 0 Å². The fourth-order valence-electron chi connectivity index (χ4n) is 1.63. The average molecular weight is 333 g/mol. The molecule has 90 valence electrons. The predicted molar refractivity (Wildman–Crippen MR) is 76.1 cm³/mol. The van der Waals surface area contributed by atoms with Gasteiger partial charge in [0.15, 0.2) is 0 Å². The summed E-state index contributed by atoms with van der Waals surface area (Å²) >= 11 is 11.1. The van der Waals surface area contributed by atoms with Crippen LogP contribution in [-0.2, 0) is 0 Å². The average Bonchev–Trinajstić information content (AvgIpc) is 2.74. The number of nitrogens with two attached hydrogens (primary N) is 1. The van der Waals surface area contributed by atoms with Gasteiger partial charge in [-0.3, -0.25) is 0 Å². The summed E-state index contributed by atoms with van der Waals surface area (Å²) in [5.41, 5.74) is 8.17. The van der Waals surface area contributed by atoms with E-state index in [0.29, 0.717) is 5.02 Å². The van der Waals surface area contributed by atoms with Gasteiger partial charge in [0.05, 0.1) is 13.2 Å². The van der Waals surface area contributed by atoms with Gasteiger partial charge in [-0.2, -0.15) is 11.3 Å². The molecular formula is C12H11BrClNOS. The van der Waals surface area contributed by atoms with Crippen LogP contribution in [-0.4, -0.2) is 7.11 Å². The first-order valence-electron chi connectivity index (χ1n) is 4.94. The molecule has 0 aliphatic heterocycles. The summed E-state index contributed by atoms with van der Waals surface area (Å²) in [7, 11) is 1.63. The van der Waals surface area contributed by atoms with Crippen molar-refractivity contribution in [3.05, 3.63) is 49.6 Å². The largest absolute Gasteiger partial charge is 0.496 e. The predicted octanol–water partition coefficient (Wildman–Crippen LogP) is 4.22. The second kappa shape index (κ2) is 5.40. The molecule has 5 heteroatoms. The minimum Gasteiger partial charge on any atom is -0.496 e. The molecule has 1 aromatic carbocycles. The summed E-state index contributed by atoms with van der Waals surface area (Å²) in [5, 5.41) is 4.68. The molecule has 1 heterocycles. The zero-order valence-corrected chi connectivity index (χ0v) is 12.3. The molecule has 2 nitrogen and oxygen atoms in total. The maximum absolute atomic E-state index is 6.24. The Morgan fingerprint density at radius 3 is 2.71 bits per heavy atom. The Hall–Kier alpha value is -0.550. The van der Waals surface area contributed by atoms with Gasteiger partial charge in [-0.05, 0) is 45.1 Å². The first-order valence-corrected chi connectivity index (χ1v) is 7.05. The summed E-state index contributed by atoms with van der Waals surface area (Å²) in [4.78, 5) is 0. The number of thiophene rings is 1. The van der Waals surface area contributed by atoms with Crippen LogP contribution >= 0.6 is 38.9 Å². The maximum atomic E-state index is 6.24. The Bertz CT molecular complexity index is 529. The van der Waals surface area contributed by atoms with Gasteiger partial charge in [0.25, 0.3) is 0 Å². The molecule has 2 aromatic rings. The third kappa shape index (κ3) is 2.65. The number of benzene rings is 1. The van der Waals surface area contributed by atoms with Gasteiger partial charge in [0.1, 0.15) is 5.75 Å². The van der Waals surface area contributed by atoms with Gasteiger partial charge in [0.2, 0.25) is 0 Å². The summed E-state index contributed by atoms with van der Waals surface area (Å²) < 4.78 is 6.32. The van der Waals surface area contributed by atoms with Crippen LogP contribution in [0.15, 0.2) is 33.4 Å². The fraction of sp³-hybridized carbons (Fsp3) is 0.167. The van der Waals surface area contributed by atoms with Gasteiger partial charge in [-0.15, -0.1) is 0 Å². The van der Waals surface area contributed by atoms with Gasteiger partial charge in [0, 0.05) is 20.4 Å². The molecule has 1 atom stereocenters. The lowest BCUT2D eigenvalue weighted by Gasteiger charge is -2.15. The quantitative estimate of drug-likeness (QED) is 0.913. The van der Waals surface area contributed by atoms with E-state index in [2.05, 4.69) is 15.9 Å². The highest BCUT2D eigenvalue weighted by atomic mass is 79.9. The van der Waals surface area contributed by atoms with Crippen LogP contribution in [0.4, 0.5) is 0 Å². The fourth-order valence-corrected chi connectivity index (χ4v) is 3.39. The molecular weight excluding hydrogens is 322 g/mol. The number of rotatable bonds is 3. The molecule has 2 rings (SSSR count). The van der Waals surface area contributed by atoms with Crippen LogP contribution in [0, 0.1) is 0 Å². The molecule has 0 bridgehead atoms. The van der Waals surface area contributed by atoms with Crippen LogP contribution in [0.5, 0.6) is 5.75 Å². The SMILES string of the molecule is COc1ccc(Cl)cc1C(N)c1cscc1Br. The van der Waals surface area contributed by atoms with Crippen molar-refractivity contribution in [2.45, 2.75) is 6.04 Å². The Morgan fingerprint density at radius 2 is 2.12 bits per heavy atom. The van der Waals surface area contributed by atoms with Crippen molar-refractivity contribution in [3.63, 3.8) is 0 Å². The van der Waals surface area contributed by atoms with Crippen LogP contribution < -0.4 is 10.5 Å². The first kappa shape index (κ1) is 12.9. The molecule has 0 aliphatic carbocycles. The Balaban J connectivity index is 2.46. The zero-order valence-electron chi connectivity index (χ0n) is 9.11. The standard InChI is InChI=1S/C12H11BrClNOS/c1-16-11-3-2-7(14)4-8(11)12(15)9-5-17-6-10(9)13/h2-6,12H,15H2,1H3. The second-order valence-corrected chi connectivity index (χ2v) is 5.57. The summed E-state index contributed by atoms with van der Waals surface area (Å²) in [6.45, 7) is 0. The van der Waals surface area contributed by atoms with Crippen molar-refractivity contribution >= 4 is 38.9 Å². The Kier molecular flexibility index (Phi) is 4.09. The number of ether oxygens (including phenoxy) is 1. The highest BCUT2D eigenvalue weighted by Gasteiger charge is 2.17. The minimum atomic E-state index is -0.246. The second-order valence-electron chi connectivity index (χ2n) is 3.54. The van der Waals surface area contributed by atoms with E-state index in [1.165, 1.54) is 0 Å². The van der Waals surface area contributed by atoms with E-state index in [9.17, 15) is 0 Å². The summed E-state index contributed by atoms with van der Waals surface area (Å²) in [5.74, 6) is 0.750. The molecule has 2 N–H and O–H groups in total. The molecule has 0 aliphatic rings. The van der Waals surface area contributed by atoms with Crippen molar-refractivity contribution in [3.8, 4) is 5.75 Å². The molecule has 0 spiro atoms. The monoisotopic (exact) mass is 331 g/mol. The number of methoxy groups -OCH3 is 1. The third-order valence-corrected chi connectivity index (χ3v) is 4.49. The van der Waals surface area contributed by atoms with Crippen molar-refractivity contribution in [2.75, 3.05) is 7.11 Å². The normalized spacial score (nSPS) is 12.5. The van der Waals surface area contributed by atoms with Crippen LogP contribution in [0.25, 0.3) is 0 Å². The number of halogens is 2. The van der Waals surface area contributed by atoms with Crippen molar-refractivity contribution in [1.82, 2.24) is 0 Å². The van der Waals surface area contributed by atoms with Crippen LogP contribution in [0.3, 0.4) is 0 Å². The molecule has 1 aromatic heterocycles. The van der Waals surface area contributed by atoms with E-state index in [1.54, 1.807) is 24.5 Å². The highest BCUT2D eigenvalue weighted by molar-refractivity contribution is 9.10. The van der Waals surface area contributed by atoms with Crippen LogP contribution in [0.2, 0.25) is 5.02 Å². The molecule has 1 unspecified atom stereocenters. The van der Waals surface area contributed by atoms with E-state index < -0.39 is 0 Å². The molecule has 17 heavy (non-hydrogen) atoms. The third-order valence-electron chi connectivity index (χ3n) is 2.50. The zero-order chi connectivity index (χ0) is 12.4. The molecule has 0 radical (unpaired) electrons. The summed E-state index contributed by atoms with van der Waals surface area (Å²) in [6.07, 6.45) is 0. The lowest BCUT2D eigenvalue weighted by Crippen LogP contribution is -2.12. The van der Waals surface area contributed by atoms with Gasteiger partial charge >= 0.3 is 0 Å². The van der Waals surface area contributed by atoms with Gasteiger partial charge < -0.3 is 10.5 Å². The Morgan fingerprint density at radius 1 is 1.35 bits per heavy atom. The molecule has 0 amide bonds. The topological polar surface area (TPSA) is 35.2 Å². The van der Waals surface area contributed by atoms with E-state index >= 15 is 0 Å². The maximum Gasteiger partial charge on any atom is 0.124 e. The highest BCUT2D eigenvalue weighted by Crippen LogP contribution is 2.35. The number of hydrogen-bond donors (Lipinski definition) is 1. The molecule has 0 saturated carbocycles. The minimum absolute atomic E-state index is 0.246. The first-order chi connectivity index (χ1) is 8.13. The molecule has 0 fully saturated rings. The van der Waals surface area contributed by atoms with E-state index in [-0.39, 0.29) is 6.04 Å². The molecule has 0 saturated heterocycles.